The zero-order valence-corrected chi connectivity index (χ0v) is 11.1. The molecule has 0 spiro atoms. The molecule has 2 rings (SSSR count). The molecule has 0 radical (unpaired) electrons. The van der Waals surface area contributed by atoms with Gasteiger partial charge < -0.3 is 9.32 Å². The molecular formula is C14H14F3NO2. The summed E-state index contributed by atoms with van der Waals surface area (Å²) in [5.74, 6) is 0. The zero-order chi connectivity index (χ0) is 14.9. The quantitative estimate of drug-likeness (QED) is 0.807. The van der Waals surface area contributed by atoms with Crippen LogP contribution in [-0.4, -0.2) is 13.1 Å². The normalized spacial score (nSPS) is 11.8. The molecule has 1 heterocycles. The van der Waals surface area contributed by atoms with Gasteiger partial charge in [0.2, 0.25) is 0 Å². The largest absolute Gasteiger partial charge is 0.421 e. The van der Waals surface area contributed by atoms with E-state index in [1.165, 1.54) is 29.2 Å². The molecule has 0 aliphatic rings. The highest BCUT2D eigenvalue weighted by Gasteiger charge is 2.39. The van der Waals surface area contributed by atoms with Crippen LogP contribution in [-0.2, 0) is 6.18 Å². The molecule has 0 aliphatic carbocycles. The average Bonchev–Trinajstić information content (AvgIpc) is 2.39. The van der Waals surface area contributed by atoms with Crippen molar-refractivity contribution in [3.63, 3.8) is 0 Å². The van der Waals surface area contributed by atoms with Crippen LogP contribution >= 0.6 is 0 Å². The van der Waals surface area contributed by atoms with Gasteiger partial charge in [0.25, 0.3) is 0 Å². The molecule has 0 saturated heterocycles. The Hall–Kier alpha value is -1.98. The van der Waals surface area contributed by atoms with Gasteiger partial charge in [-0.3, -0.25) is 0 Å². The predicted molar refractivity (Wildman–Crippen MR) is 71.0 cm³/mol. The van der Waals surface area contributed by atoms with E-state index in [1.54, 1.807) is 13.8 Å². The fourth-order valence-electron chi connectivity index (χ4n) is 2.25. The second-order valence-corrected chi connectivity index (χ2v) is 4.28. The number of hydrogen-bond donors (Lipinski definition) is 0. The Morgan fingerprint density at radius 3 is 2.30 bits per heavy atom. The van der Waals surface area contributed by atoms with Crippen molar-refractivity contribution in [2.75, 3.05) is 18.0 Å². The summed E-state index contributed by atoms with van der Waals surface area (Å²) in [6.45, 7) is 3.97. The van der Waals surface area contributed by atoms with Crippen LogP contribution in [0.4, 0.5) is 18.9 Å². The molecule has 3 nitrogen and oxygen atoms in total. The van der Waals surface area contributed by atoms with E-state index in [2.05, 4.69) is 0 Å². The predicted octanol–water partition coefficient (Wildman–Crippen LogP) is 3.66. The number of alkyl halides is 3. The summed E-state index contributed by atoms with van der Waals surface area (Å²) >= 11 is 0. The van der Waals surface area contributed by atoms with Crippen molar-refractivity contribution in [1.29, 1.82) is 0 Å². The molecule has 0 aliphatic heterocycles. The van der Waals surface area contributed by atoms with Crippen LogP contribution in [0.3, 0.4) is 0 Å². The van der Waals surface area contributed by atoms with Crippen molar-refractivity contribution in [2.45, 2.75) is 20.0 Å². The Morgan fingerprint density at radius 1 is 1.15 bits per heavy atom. The first-order chi connectivity index (χ1) is 9.40. The maximum absolute atomic E-state index is 13.4. The van der Waals surface area contributed by atoms with E-state index in [-0.39, 0.29) is 11.0 Å². The van der Waals surface area contributed by atoms with Crippen molar-refractivity contribution < 1.29 is 17.6 Å². The molecule has 0 bridgehead atoms. The molecule has 6 heteroatoms. The third kappa shape index (κ3) is 2.37. The number of fused-ring (bicyclic) bond motifs is 1. The summed E-state index contributed by atoms with van der Waals surface area (Å²) in [5, 5.41) is -0.0958. The van der Waals surface area contributed by atoms with Gasteiger partial charge in [0.1, 0.15) is 11.3 Å². The van der Waals surface area contributed by atoms with E-state index in [1.807, 2.05) is 0 Å². The molecule has 0 N–H and O–H groups in total. The lowest BCUT2D eigenvalue weighted by molar-refractivity contribution is -0.136. The highest BCUT2D eigenvalue weighted by Crippen LogP contribution is 2.39. The first-order valence-electron chi connectivity index (χ1n) is 6.28. The van der Waals surface area contributed by atoms with Crippen molar-refractivity contribution in [3.05, 3.63) is 40.2 Å². The van der Waals surface area contributed by atoms with Gasteiger partial charge in [-0.15, -0.1) is 0 Å². The first kappa shape index (κ1) is 14.4. The Labute approximate surface area is 113 Å². The van der Waals surface area contributed by atoms with E-state index in [0.29, 0.717) is 13.1 Å². The van der Waals surface area contributed by atoms with Crippen molar-refractivity contribution >= 4 is 16.7 Å². The smallest absolute Gasteiger partial charge is 0.419 e. The molecule has 0 unspecified atom stereocenters. The van der Waals surface area contributed by atoms with Crippen LogP contribution in [0.1, 0.15) is 19.4 Å². The minimum Gasteiger partial charge on any atom is -0.421 e. The van der Waals surface area contributed by atoms with E-state index >= 15 is 0 Å². The molecule has 0 amide bonds. The average molecular weight is 285 g/mol. The molecular weight excluding hydrogens is 271 g/mol. The first-order valence-corrected chi connectivity index (χ1v) is 6.28. The monoisotopic (exact) mass is 285 g/mol. The van der Waals surface area contributed by atoms with Gasteiger partial charge in [0, 0.05) is 18.5 Å². The van der Waals surface area contributed by atoms with Crippen LogP contribution in [0.25, 0.3) is 11.0 Å². The van der Waals surface area contributed by atoms with E-state index in [4.69, 9.17) is 4.42 Å². The summed E-state index contributed by atoms with van der Waals surface area (Å²) < 4.78 is 45.2. The fourth-order valence-corrected chi connectivity index (χ4v) is 2.25. The lowest BCUT2D eigenvalue weighted by Crippen LogP contribution is -2.30. The van der Waals surface area contributed by atoms with E-state index in [0.717, 1.165) is 0 Å². The number of halogens is 3. The fraction of sp³-hybridized carbons (Fsp3) is 0.357. The minimum atomic E-state index is -4.62. The molecule has 0 saturated carbocycles. The highest BCUT2D eigenvalue weighted by molar-refractivity contribution is 5.85. The van der Waals surface area contributed by atoms with Gasteiger partial charge in [0.15, 0.2) is 0 Å². The third-order valence-electron chi connectivity index (χ3n) is 3.15. The number of benzene rings is 1. The molecule has 1 aromatic heterocycles. The van der Waals surface area contributed by atoms with Gasteiger partial charge in [-0.05, 0) is 19.9 Å². The standard InChI is InChI=1S/C14H14F3NO2/c1-3-18(4-2)12-11(14(15,16)17)9-7-5-6-8-10(9)20-13(12)19/h5-8H,3-4H2,1-2H3. The second-order valence-electron chi connectivity index (χ2n) is 4.28. The van der Waals surface area contributed by atoms with Crippen LogP contribution in [0.2, 0.25) is 0 Å². The van der Waals surface area contributed by atoms with E-state index in [9.17, 15) is 18.0 Å². The SMILES string of the molecule is CCN(CC)c1c(C(F)(F)F)c2ccccc2oc1=O. The number of anilines is 1. The van der Waals surface area contributed by atoms with Crippen molar-refractivity contribution in [1.82, 2.24) is 0 Å². The topological polar surface area (TPSA) is 33.5 Å². The maximum Gasteiger partial charge on any atom is 0.419 e. The lowest BCUT2D eigenvalue weighted by Gasteiger charge is -2.24. The summed E-state index contributed by atoms with van der Waals surface area (Å²) in [6.07, 6.45) is -4.62. The van der Waals surface area contributed by atoms with Gasteiger partial charge in [-0.2, -0.15) is 13.2 Å². The molecule has 0 fully saturated rings. The summed E-state index contributed by atoms with van der Waals surface area (Å²) in [6, 6.07) is 5.69. The van der Waals surface area contributed by atoms with Crippen molar-refractivity contribution in [2.24, 2.45) is 0 Å². The third-order valence-corrected chi connectivity index (χ3v) is 3.15. The number of nitrogens with zero attached hydrogens (tertiary/aromatic N) is 1. The summed E-state index contributed by atoms with van der Waals surface area (Å²) in [5.41, 5.74) is -2.35. The number of rotatable bonds is 3. The maximum atomic E-state index is 13.4. The molecule has 2 aromatic rings. The second kappa shape index (κ2) is 5.19. The highest BCUT2D eigenvalue weighted by atomic mass is 19.4. The Kier molecular flexibility index (Phi) is 3.74. The van der Waals surface area contributed by atoms with Crippen LogP contribution in [0.15, 0.2) is 33.5 Å². The van der Waals surface area contributed by atoms with Crippen molar-refractivity contribution in [3.8, 4) is 0 Å². The van der Waals surface area contributed by atoms with Gasteiger partial charge in [-0.1, -0.05) is 18.2 Å². The Balaban J connectivity index is 2.92. The summed E-state index contributed by atoms with van der Waals surface area (Å²) in [4.78, 5) is 13.3. The van der Waals surface area contributed by atoms with Gasteiger partial charge in [-0.25, -0.2) is 4.79 Å². The molecule has 1 aromatic carbocycles. The van der Waals surface area contributed by atoms with E-state index < -0.39 is 23.1 Å². The van der Waals surface area contributed by atoms with Crippen LogP contribution < -0.4 is 10.5 Å². The molecule has 0 atom stereocenters. The van der Waals surface area contributed by atoms with Crippen LogP contribution in [0.5, 0.6) is 0 Å². The lowest BCUT2D eigenvalue weighted by atomic mass is 10.1. The van der Waals surface area contributed by atoms with Gasteiger partial charge in [0.05, 0.1) is 5.56 Å². The summed E-state index contributed by atoms with van der Waals surface area (Å²) in [7, 11) is 0. The number of para-hydroxylation sites is 1. The Morgan fingerprint density at radius 2 is 1.75 bits per heavy atom. The van der Waals surface area contributed by atoms with Crippen LogP contribution in [0, 0.1) is 0 Å². The molecule has 108 valence electrons. The number of hydrogen-bond acceptors (Lipinski definition) is 3. The minimum absolute atomic E-state index is 0.0549. The Bertz CT molecular complexity index is 672. The zero-order valence-electron chi connectivity index (χ0n) is 11.1. The van der Waals surface area contributed by atoms with Gasteiger partial charge >= 0.3 is 11.8 Å². The molecule has 20 heavy (non-hydrogen) atoms.